The molecule has 0 radical (unpaired) electrons. The molecule has 384 valence electrons. The molecule has 0 N–H and O–H groups in total. The first-order valence-electron chi connectivity index (χ1n) is 28.1. The van der Waals surface area contributed by atoms with Crippen molar-refractivity contribution in [3.8, 4) is 0 Å². The number of esters is 3. The quantitative estimate of drug-likeness (QED) is 0.0262. The van der Waals surface area contributed by atoms with Gasteiger partial charge < -0.3 is 14.2 Å². The van der Waals surface area contributed by atoms with E-state index in [4.69, 9.17) is 14.2 Å². The van der Waals surface area contributed by atoms with Crippen molar-refractivity contribution in [3.05, 3.63) is 85.1 Å². The van der Waals surface area contributed by atoms with Gasteiger partial charge in [-0.1, -0.05) is 234 Å². The zero-order valence-corrected chi connectivity index (χ0v) is 43.9. The topological polar surface area (TPSA) is 78.9 Å². The van der Waals surface area contributed by atoms with Gasteiger partial charge in [0.1, 0.15) is 13.2 Å². The lowest BCUT2D eigenvalue weighted by molar-refractivity contribution is -0.167. The minimum absolute atomic E-state index is 0.101. The van der Waals surface area contributed by atoms with Crippen LogP contribution in [0.1, 0.15) is 265 Å². The molecule has 0 aromatic heterocycles. The van der Waals surface area contributed by atoms with Crippen LogP contribution in [-0.2, 0) is 28.6 Å². The summed E-state index contributed by atoms with van der Waals surface area (Å²) in [6.07, 6.45) is 71.4. The van der Waals surface area contributed by atoms with Gasteiger partial charge >= 0.3 is 17.9 Å². The smallest absolute Gasteiger partial charge is 0.306 e. The molecule has 0 rings (SSSR count). The SMILES string of the molecule is CCCCC/C=C\C/C=C\C/C=C\C/C=C\CCCC(=O)OC[C@H](COC(=O)CCCCCCCCCCCCCCCCC)OC(=O)CCCCCC/C=C\C/C=C\C/C=C\CCCCC. The zero-order valence-electron chi connectivity index (χ0n) is 43.9. The third-order valence-electron chi connectivity index (χ3n) is 11.9. The van der Waals surface area contributed by atoms with Gasteiger partial charge in [0.15, 0.2) is 6.10 Å². The normalized spacial score (nSPS) is 12.7. The van der Waals surface area contributed by atoms with Crippen LogP contribution in [0.3, 0.4) is 0 Å². The number of allylic oxidation sites excluding steroid dienone is 14. The Morgan fingerprint density at radius 1 is 0.299 bits per heavy atom. The molecule has 1 atom stereocenters. The average molecular weight is 933 g/mol. The van der Waals surface area contributed by atoms with Gasteiger partial charge in [-0.3, -0.25) is 14.4 Å². The molecule has 0 fully saturated rings. The van der Waals surface area contributed by atoms with Crippen LogP contribution in [-0.4, -0.2) is 37.2 Å². The molecule has 0 saturated heterocycles. The van der Waals surface area contributed by atoms with E-state index >= 15 is 0 Å². The minimum atomic E-state index is -0.809. The van der Waals surface area contributed by atoms with Gasteiger partial charge in [0.05, 0.1) is 0 Å². The Bertz CT molecular complexity index is 1300. The number of carbonyl (C=O) groups excluding carboxylic acids is 3. The predicted molar refractivity (Wildman–Crippen MR) is 288 cm³/mol. The van der Waals surface area contributed by atoms with E-state index in [0.717, 1.165) is 89.9 Å². The first-order chi connectivity index (χ1) is 33.0. The summed E-state index contributed by atoms with van der Waals surface area (Å²) < 4.78 is 16.8. The lowest BCUT2D eigenvalue weighted by Gasteiger charge is -2.18. The maximum atomic E-state index is 12.8. The third kappa shape index (κ3) is 53.4. The highest BCUT2D eigenvalue weighted by atomic mass is 16.6. The van der Waals surface area contributed by atoms with Crippen molar-refractivity contribution in [2.75, 3.05) is 13.2 Å². The van der Waals surface area contributed by atoms with Gasteiger partial charge in [0, 0.05) is 19.3 Å². The molecule has 0 saturated carbocycles. The Morgan fingerprint density at radius 2 is 0.552 bits per heavy atom. The number of unbranched alkanes of at least 4 members (excludes halogenated alkanes) is 25. The number of rotatable bonds is 50. The van der Waals surface area contributed by atoms with Gasteiger partial charge in [-0.15, -0.1) is 0 Å². The van der Waals surface area contributed by atoms with Crippen LogP contribution in [0.2, 0.25) is 0 Å². The minimum Gasteiger partial charge on any atom is -0.462 e. The molecule has 6 nitrogen and oxygen atoms in total. The summed E-state index contributed by atoms with van der Waals surface area (Å²) in [6, 6.07) is 0. The highest BCUT2D eigenvalue weighted by molar-refractivity contribution is 5.71. The molecule has 0 bridgehead atoms. The third-order valence-corrected chi connectivity index (χ3v) is 11.9. The molecule has 0 aliphatic rings. The summed E-state index contributed by atoms with van der Waals surface area (Å²) >= 11 is 0. The van der Waals surface area contributed by atoms with Gasteiger partial charge in [0.2, 0.25) is 0 Å². The van der Waals surface area contributed by atoms with E-state index in [1.807, 2.05) is 0 Å². The van der Waals surface area contributed by atoms with E-state index in [0.29, 0.717) is 19.3 Å². The van der Waals surface area contributed by atoms with Crippen LogP contribution in [0, 0.1) is 0 Å². The molecule has 0 spiro atoms. The molecular weight excluding hydrogens is 829 g/mol. The van der Waals surface area contributed by atoms with Gasteiger partial charge in [0.25, 0.3) is 0 Å². The number of ether oxygens (including phenoxy) is 3. The van der Waals surface area contributed by atoms with Crippen LogP contribution < -0.4 is 0 Å². The molecule has 0 unspecified atom stereocenters. The second-order valence-electron chi connectivity index (χ2n) is 18.5. The summed E-state index contributed by atoms with van der Waals surface area (Å²) in [5.41, 5.74) is 0. The number of carbonyl (C=O) groups is 3. The Labute approximate surface area is 414 Å². The lowest BCUT2D eigenvalue weighted by atomic mass is 10.0. The first kappa shape index (κ1) is 63.6. The fraction of sp³-hybridized carbons (Fsp3) is 0.721. The summed E-state index contributed by atoms with van der Waals surface area (Å²) in [7, 11) is 0. The van der Waals surface area contributed by atoms with Crippen LogP contribution in [0.15, 0.2) is 85.1 Å². The van der Waals surface area contributed by atoms with Crippen molar-refractivity contribution < 1.29 is 28.6 Å². The molecule has 0 aliphatic heterocycles. The molecule has 0 amide bonds. The standard InChI is InChI=1S/C61H104O6/c1-4-7-10-13-16-19-22-25-28-30-33-36-39-42-45-48-51-54-60(63)66-57-58(56-65-59(62)53-50-47-44-41-38-35-32-27-24-21-18-15-12-9-6-3)67-61(64)55-52-49-46-43-40-37-34-31-29-26-23-20-17-14-11-8-5-2/h16-17,19-20,25-26,28-29,33-34,36-37,42,45,58H,4-15,18,21-24,27,30-32,35,38-41,43-44,46-57H2,1-3H3/b19-16-,20-17-,28-25-,29-26-,36-33-,37-34-,45-42-/t58-/m0/s1. The fourth-order valence-electron chi connectivity index (χ4n) is 7.62. The van der Waals surface area contributed by atoms with Crippen LogP contribution in [0.4, 0.5) is 0 Å². The number of hydrogen-bond donors (Lipinski definition) is 0. The van der Waals surface area contributed by atoms with Crippen molar-refractivity contribution in [2.24, 2.45) is 0 Å². The molecule has 0 heterocycles. The van der Waals surface area contributed by atoms with Gasteiger partial charge in [-0.05, 0) is 96.3 Å². The molecule has 0 aromatic rings. The van der Waals surface area contributed by atoms with Crippen LogP contribution in [0.5, 0.6) is 0 Å². The number of hydrogen-bond acceptors (Lipinski definition) is 6. The average Bonchev–Trinajstić information content (AvgIpc) is 3.33. The summed E-state index contributed by atoms with van der Waals surface area (Å²) in [5, 5.41) is 0. The van der Waals surface area contributed by atoms with Crippen molar-refractivity contribution >= 4 is 17.9 Å². The molecule has 0 aromatic carbocycles. The maximum absolute atomic E-state index is 12.8. The lowest BCUT2D eigenvalue weighted by Crippen LogP contribution is -2.30. The van der Waals surface area contributed by atoms with Crippen molar-refractivity contribution in [1.82, 2.24) is 0 Å². The van der Waals surface area contributed by atoms with E-state index in [9.17, 15) is 14.4 Å². The zero-order chi connectivity index (χ0) is 48.6. The van der Waals surface area contributed by atoms with E-state index in [2.05, 4.69) is 106 Å². The van der Waals surface area contributed by atoms with E-state index in [1.54, 1.807) is 0 Å². The molecule has 67 heavy (non-hydrogen) atoms. The Hall–Kier alpha value is -3.41. The largest absolute Gasteiger partial charge is 0.462 e. The summed E-state index contributed by atoms with van der Waals surface area (Å²) in [5.74, 6) is -0.976. The van der Waals surface area contributed by atoms with Crippen LogP contribution in [0.25, 0.3) is 0 Å². The maximum Gasteiger partial charge on any atom is 0.306 e. The van der Waals surface area contributed by atoms with E-state index in [1.165, 1.54) is 128 Å². The fourth-order valence-corrected chi connectivity index (χ4v) is 7.62. The highest BCUT2D eigenvalue weighted by Crippen LogP contribution is 2.15. The Kier molecular flexibility index (Phi) is 52.4. The van der Waals surface area contributed by atoms with Crippen molar-refractivity contribution in [1.29, 1.82) is 0 Å². The van der Waals surface area contributed by atoms with Crippen molar-refractivity contribution in [3.63, 3.8) is 0 Å². The second-order valence-corrected chi connectivity index (χ2v) is 18.5. The summed E-state index contributed by atoms with van der Waals surface area (Å²) in [6.45, 7) is 6.53. The first-order valence-corrected chi connectivity index (χ1v) is 28.1. The Morgan fingerprint density at radius 3 is 0.925 bits per heavy atom. The molecular formula is C61H104O6. The van der Waals surface area contributed by atoms with E-state index < -0.39 is 6.10 Å². The summed E-state index contributed by atoms with van der Waals surface area (Å²) in [4.78, 5) is 38.1. The molecule has 0 aliphatic carbocycles. The van der Waals surface area contributed by atoms with E-state index in [-0.39, 0.29) is 37.5 Å². The highest BCUT2D eigenvalue weighted by Gasteiger charge is 2.19. The van der Waals surface area contributed by atoms with Gasteiger partial charge in [-0.2, -0.15) is 0 Å². The van der Waals surface area contributed by atoms with Crippen molar-refractivity contribution in [2.45, 2.75) is 271 Å². The Balaban J connectivity index is 4.51. The van der Waals surface area contributed by atoms with Crippen LogP contribution >= 0.6 is 0 Å². The second kappa shape index (κ2) is 55.2. The monoisotopic (exact) mass is 933 g/mol. The molecule has 6 heteroatoms. The van der Waals surface area contributed by atoms with Gasteiger partial charge in [-0.25, -0.2) is 0 Å². The predicted octanol–water partition coefficient (Wildman–Crippen LogP) is 18.8.